The minimum atomic E-state index is -0.318. The first-order chi connectivity index (χ1) is 19.6. The van der Waals surface area contributed by atoms with Gasteiger partial charge in [-0.1, -0.05) is 18.1 Å². The Bertz CT molecular complexity index is 1710. The van der Waals surface area contributed by atoms with E-state index in [1.54, 1.807) is 28.9 Å². The zero-order valence-corrected chi connectivity index (χ0v) is 22.4. The van der Waals surface area contributed by atoms with Crippen LogP contribution in [0.2, 0.25) is 0 Å². The van der Waals surface area contributed by atoms with Crippen LogP contribution in [-0.2, 0) is 0 Å². The number of aromatic nitrogens is 3. The number of piperazine rings is 1. The Balaban J connectivity index is 1.38. The highest BCUT2D eigenvalue weighted by Gasteiger charge is 2.45. The number of hydrogen-bond acceptors (Lipinski definition) is 8. The van der Waals surface area contributed by atoms with Gasteiger partial charge in [-0.25, -0.2) is 4.98 Å². The maximum absolute atomic E-state index is 14.2. The summed E-state index contributed by atoms with van der Waals surface area (Å²) in [5.41, 5.74) is 1.70. The Hall–Kier alpha value is -4.13. The first kappa shape index (κ1) is 24.9. The summed E-state index contributed by atoms with van der Waals surface area (Å²) in [4.78, 5) is 28.4. The van der Waals surface area contributed by atoms with Crippen molar-refractivity contribution in [3.63, 3.8) is 0 Å². The van der Waals surface area contributed by atoms with Crippen molar-refractivity contribution in [3.05, 3.63) is 58.6 Å². The first-order valence-corrected chi connectivity index (χ1v) is 14.0. The van der Waals surface area contributed by atoms with E-state index in [-0.39, 0.29) is 22.5 Å². The summed E-state index contributed by atoms with van der Waals surface area (Å²) < 4.78 is 8.01. The van der Waals surface area contributed by atoms with Crippen LogP contribution in [0.3, 0.4) is 0 Å². The third-order valence-corrected chi connectivity index (χ3v) is 8.77. The highest BCUT2D eigenvalue weighted by atomic mass is 16.5. The molecule has 0 radical (unpaired) electrons. The number of terminal acetylenes is 1. The molecule has 2 aromatic heterocycles. The van der Waals surface area contributed by atoms with Gasteiger partial charge < -0.3 is 20.1 Å². The summed E-state index contributed by atoms with van der Waals surface area (Å²) >= 11 is 0. The lowest BCUT2D eigenvalue weighted by Gasteiger charge is -2.32. The predicted octanol–water partition coefficient (Wildman–Crippen LogP) is 3.01. The molecule has 0 amide bonds. The summed E-state index contributed by atoms with van der Waals surface area (Å²) in [5, 5.41) is 15.3. The largest absolute Gasteiger partial charge is 0.508 e. The van der Waals surface area contributed by atoms with Gasteiger partial charge in [-0.05, 0) is 62.4 Å². The highest BCUT2D eigenvalue weighted by Crippen LogP contribution is 2.39. The highest BCUT2D eigenvalue weighted by molar-refractivity contribution is 6.01. The molecule has 0 spiro atoms. The van der Waals surface area contributed by atoms with E-state index < -0.39 is 0 Å². The number of nitrogens with one attached hydrogen (secondary N) is 1. The minimum absolute atomic E-state index is 0.0418. The zero-order chi connectivity index (χ0) is 27.3. The summed E-state index contributed by atoms with van der Waals surface area (Å²) in [7, 11) is 0. The van der Waals surface area contributed by atoms with Gasteiger partial charge in [0.15, 0.2) is 5.82 Å². The molecule has 3 saturated heterocycles. The van der Waals surface area contributed by atoms with Crippen LogP contribution in [0.4, 0.5) is 5.82 Å². The number of nitrogens with zero attached hydrogens (tertiary/aromatic N) is 5. The molecule has 204 valence electrons. The SMILES string of the molecule is C#Cc1cccc2cc(O)cc(-c3ncc4c(N5CCNCC5)nc(OCC56CCCN5CCC6)cn4c3=O)c12. The standard InChI is InChI=1S/C31H32N6O3/c1-2-21-6-3-7-22-16-23(38)17-24(27(21)22)28-30(39)37-19-26(40-20-31-8-4-12-36(31)13-5-9-31)34-29(25(37)18-33-28)35-14-10-32-11-15-35/h1,3,6-7,16-19,32,38H,4-5,8-15,20H2. The van der Waals surface area contributed by atoms with Crippen molar-refractivity contribution in [3.8, 4) is 35.2 Å². The Kier molecular flexibility index (Phi) is 6.10. The molecule has 0 bridgehead atoms. The number of hydrogen-bond donors (Lipinski definition) is 2. The van der Waals surface area contributed by atoms with Gasteiger partial charge in [0.2, 0.25) is 5.88 Å². The molecule has 0 aliphatic carbocycles. The normalized spacial score (nSPS) is 18.7. The van der Waals surface area contributed by atoms with Crippen molar-refractivity contribution in [1.29, 1.82) is 0 Å². The fraction of sp³-hybridized carbons (Fsp3) is 0.387. The van der Waals surface area contributed by atoms with E-state index in [2.05, 4.69) is 26.0 Å². The van der Waals surface area contributed by atoms with Gasteiger partial charge in [0.1, 0.15) is 23.6 Å². The lowest BCUT2D eigenvalue weighted by molar-refractivity contribution is 0.110. The van der Waals surface area contributed by atoms with Gasteiger partial charge in [-0.15, -0.1) is 6.42 Å². The number of fused-ring (bicyclic) bond motifs is 3. The summed E-state index contributed by atoms with van der Waals surface area (Å²) in [6, 6.07) is 8.74. The smallest absolute Gasteiger partial charge is 0.281 e. The number of anilines is 1. The van der Waals surface area contributed by atoms with Crippen LogP contribution in [0, 0.1) is 12.3 Å². The molecular weight excluding hydrogens is 504 g/mol. The second kappa shape index (κ2) is 9.81. The van der Waals surface area contributed by atoms with Gasteiger partial charge in [0, 0.05) is 42.7 Å². The second-order valence-electron chi connectivity index (χ2n) is 11.1. The van der Waals surface area contributed by atoms with Crippen molar-refractivity contribution < 1.29 is 9.84 Å². The number of phenolic OH excluding ortho intramolecular Hbond substituents is 1. The predicted molar refractivity (Wildman–Crippen MR) is 155 cm³/mol. The van der Waals surface area contributed by atoms with Gasteiger partial charge in [-0.3, -0.25) is 14.1 Å². The molecule has 9 nitrogen and oxygen atoms in total. The summed E-state index contributed by atoms with van der Waals surface area (Å²) in [6.45, 7) is 5.99. The third-order valence-electron chi connectivity index (χ3n) is 8.77. The van der Waals surface area contributed by atoms with E-state index in [0.29, 0.717) is 40.3 Å². The third kappa shape index (κ3) is 4.07. The lowest BCUT2D eigenvalue weighted by Crippen LogP contribution is -2.44. The van der Waals surface area contributed by atoms with Crippen LogP contribution in [-0.4, -0.2) is 75.8 Å². The van der Waals surface area contributed by atoms with Crippen LogP contribution in [0.1, 0.15) is 31.2 Å². The number of benzene rings is 2. The van der Waals surface area contributed by atoms with Crippen molar-refractivity contribution in [2.24, 2.45) is 0 Å². The molecule has 0 unspecified atom stereocenters. The molecule has 5 heterocycles. The van der Waals surface area contributed by atoms with Crippen LogP contribution in [0.5, 0.6) is 11.6 Å². The van der Waals surface area contributed by atoms with Gasteiger partial charge in [0.05, 0.1) is 17.9 Å². The maximum atomic E-state index is 14.2. The molecular formula is C31H32N6O3. The molecule has 4 aromatic rings. The molecule has 40 heavy (non-hydrogen) atoms. The Morgan fingerprint density at radius 3 is 2.70 bits per heavy atom. The fourth-order valence-corrected chi connectivity index (χ4v) is 6.81. The second-order valence-corrected chi connectivity index (χ2v) is 11.1. The van der Waals surface area contributed by atoms with E-state index in [9.17, 15) is 9.90 Å². The topological polar surface area (TPSA) is 95.2 Å². The molecule has 2 aromatic carbocycles. The van der Waals surface area contributed by atoms with Crippen LogP contribution >= 0.6 is 0 Å². The molecule has 3 fully saturated rings. The van der Waals surface area contributed by atoms with E-state index >= 15 is 0 Å². The zero-order valence-electron chi connectivity index (χ0n) is 22.4. The Morgan fingerprint density at radius 1 is 1.12 bits per heavy atom. The van der Waals surface area contributed by atoms with Crippen LogP contribution < -0.4 is 20.5 Å². The van der Waals surface area contributed by atoms with Gasteiger partial charge >= 0.3 is 0 Å². The van der Waals surface area contributed by atoms with E-state index in [1.807, 2.05) is 18.2 Å². The van der Waals surface area contributed by atoms with Crippen molar-refractivity contribution in [2.45, 2.75) is 31.2 Å². The quantitative estimate of drug-likeness (QED) is 0.376. The summed E-state index contributed by atoms with van der Waals surface area (Å²) in [5.74, 6) is 3.87. The van der Waals surface area contributed by atoms with Gasteiger partial charge in [-0.2, -0.15) is 4.98 Å². The van der Waals surface area contributed by atoms with E-state index in [1.165, 1.54) is 12.8 Å². The fourth-order valence-electron chi connectivity index (χ4n) is 6.81. The minimum Gasteiger partial charge on any atom is -0.508 e. The Labute approximate surface area is 232 Å². The summed E-state index contributed by atoms with van der Waals surface area (Å²) in [6.07, 6.45) is 13.8. The van der Waals surface area contributed by atoms with Crippen molar-refractivity contribution in [1.82, 2.24) is 24.6 Å². The number of phenols is 1. The Morgan fingerprint density at radius 2 is 1.93 bits per heavy atom. The van der Waals surface area contributed by atoms with E-state index in [0.717, 1.165) is 57.5 Å². The van der Waals surface area contributed by atoms with Crippen LogP contribution in [0.25, 0.3) is 27.5 Å². The molecule has 0 atom stereocenters. The molecule has 7 rings (SSSR count). The molecule has 3 aliphatic heterocycles. The van der Waals surface area contributed by atoms with Gasteiger partial charge in [0.25, 0.3) is 5.56 Å². The molecule has 2 N–H and O–H groups in total. The van der Waals surface area contributed by atoms with Crippen LogP contribution in [0.15, 0.2) is 47.5 Å². The molecule has 3 aliphatic rings. The van der Waals surface area contributed by atoms with Crippen molar-refractivity contribution >= 4 is 22.1 Å². The van der Waals surface area contributed by atoms with Crippen molar-refractivity contribution in [2.75, 3.05) is 50.8 Å². The average Bonchev–Trinajstić information content (AvgIpc) is 3.56. The monoisotopic (exact) mass is 536 g/mol. The number of aromatic hydroxyl groups is 1. The van der Waals surface area contributed by atoms with E-state index in [4.69, 9.17) is 16.1 Å². The average molecular weight is 537 g/mol. The number of rotatable bonds is 5. The molecule has 0 saturated carbocycles. The molecule has 9 heteroatoms. The maximum Gasteiger partial charge on any atom is 0.281 e. The lowest BCUT2D eigenvalue weighted by atomic mass is 9.95. The first-order valence-electron chi connectivity index (χ1n) is 14.0. The number of ether oxygens (including phenoxy) is 1.